The van der Waals surface area contributed by atoms with Gasteiger partial charge >= 0.3 is 0 Å². The van der Waals surface area contributed by atoms with Gasteiger partial charge in [0.25, 0.3) is 5.91 Å². The summed E-state index contributed by atoms with van der Waals surface area (Å²) >= 11 is 3.39. The van der Waals surface area contributed by atoms with Gasteiger partial charge in [0.1, 0.15) is 17.4 Å². The van der Waals surface area contributed by atoms with Gasteiger partial charge in [-0.1, -0.05) is 28.1 Å². The quantitative estimate of drug-likeness (QED) is 0.472. The van der Waals surface area contributed by atoms with Crippen molar-refractivity contribution in [2.75, 3.05) is 24.2 Å². The molecule has 3 aromatic carbocycles. The van der Waals surface area contributed by atoms with Gasteiger partial charge in [0, 0.05) is 4.47 Å². The summed E-state index contributed by atoms with van der Waals surface area (Å²) in [5, 5.41) is 1.66. The zero-order valence-electron chi connectivity index (χ0n) is 18.0. The van der Waals surface area contributed by atoms with E-state index in [4.69, 9.17) is 14.3 Å². The summed E-state index contributed by atoms with van der Waals surface area (Å²) in [7, 11) is 3.20. The van der Waals surface area contributed by atoms with Gasteiger partial charge in [-0.15, -0.1) is 0 Å². The van der Waals surface area contributed by atoms with E-state index in [1.807, 2.05) is 48.5 Å². The van der Waals surface area contributed by atoms with E-state index in [0.717, 1.165) is 15.7 Å². The highest BCUT2D eigenvalue weighted by molar-refractivity contribution is 9.10. The monoisotopic (exact) mass is 508 g/mol. The molecular weight excluding hydrogens is 488 g/mol. The number of carbonyl (C=O) groups excluding carboxylic acids is 2. The summed E-state index contributed by atoms with van der Waals surface area (Å²) in [6, 6.07) is 21.4. The summed E-state index contributed by atoms with van der Waals surface area (Å²) in [5.74, 6) is 0.0471. The van der Waals surface area contributed by atoms with Crippen LogP contribution < -0.4 is 19.4 Å². The molecule has 33 heavy (non-hydrogen) atoms. The molecule has 168 valence electrons. The number of rotatable bonds is 5. The summed E-state index contributed by atoms with van der Waals surface area (Å²) in [5.41, 5.74) is 2.09. The maximum Gasteiger partial charge on any atom is 0.266 e. The number of nitrogens with zero attached hydrogens (tertiary/aromatic N) is 2. The van der Waals surface area contributed by atoms with Crippen molar-refractivity contribution < 1.29 is 23.9 Å². The summed E-state index contributed by atoms with van der Waals surface area (Å²) < 4.78 is 11.4. The van der Waals surface area contributed by atoms with Gasteiger partial charge in [-0.25, -0.2) is 9.96 Å². The number of ether oxygens (including phenoxy) is 2. The van der Waals surface area contributed by atoms with Crippen LogP contribution in [0.5, 0.6) is 11.5 Å². The Hall–Kier alpha value is -3.36. The van der Waals surface area contributed by atoms with E-state index in [1.54, 1.807) is 43.5 Å². The fourth-order valence-electron chi connectivity index (χ4n) is 4.35. The molecule has 0 aromatic heterocycles. The topological polar surface area (TPSA) is 68.3 Å². The average molecular weight is 509 g/mol. The van der Waals surface area contributed by atoms with Gasteiger partial charge in [-0.2, -0.15) is 0 Å². The number of fused-ring (bicyclic) bond motifs is 1. The molecule has 2 fully saturated rings. The Labute approximate surface area is 199 Å². The van der Waals surface area contributed by atoms with E-state index < -0.39 is 18.1 Å². The van der Waals surface area contributed by atoms with Crippen LogP contribution in [0.25, 0.3) is 0 Å². The molecule has 0 unspecified atom stereocenters. The Bertz CT molecular complexity index is 1180. The minimum Gasteiger partial charge on any atom is -0.497 e. The van der Waals surface area contributed by atoms with E-state index >= 15 is 0 Å². The average Bonchev–Trinajstić information content (AvgIpc) is 3.36. The second kappa shape index (κ2) is 8.53. The molecule has 2 heterocycles. The molecule has 5 rings (SSSR count). The number of methoxy groups -OCH3 is 2. The molecule has 0 saturated carbocycles. The van der Waals surface area contributed by atoms with Gasteiger partial charge in [0.15, 0.2) is 6.10 Å². The van der Waals surface area contributed by atoms with Gasteiger partial charge < -0.3 is 9.47 Å². The summed E-state index contributed by atoms with van der Waals surface area (Å²) in [4.78, 5) is 34.3. The zero-order chi connectivity index (χ0) is 23.1. The van der Waals surface area contributed by atoms with Crippen molar-refractivity contribution >= 4 is 39.1 Å². The second-order valence-electron chi connectivity index (χ2n) is 7.78. The van der Waals surface area contributed by atoms with Crippen molar-refractivity contribution in [3.05, 3.63) is 82.8 Å². The maximum atomic E-state index is 13.6. The lowest BCUT2D eigenvalue weighted by Gasteiger charge is -2.29. The van der Waals surface area contributed by atoms with Crippen LogP contribution in [0.2, 0.25) is 0 Å². The van der Waals surface area contributed by atoms with Crippen LogP contribution in [-0.4, -0.2) is 32.1 Å². The number of anilines is 2. The Balaban J connectivity index is 1.56. The van der Waals surface area contributed by atoms with Gasteiger partial charge in [0.2, 0.25) is 5.91 Å². The molecule has 8 heteroatoms. The van der Waals surface area contributed by atoms with Crippen LogP contribution in [0.3, 0.4) is 0 Å². The first kappa shape index (κ1) is 21.5. The Morgan fingerprint density at radius 3 is 1.88 bits per heavy atom. The smallest absolute Gasteiger partial charge is 0.266 e. The maximum absolute atomic E-state index is 13.6. The van der Waals surface area contributed by atoms with Gasteiger partial charge in [0.05, 0.1) is 31.6 Å². The largest absolute Gasteiger partial charge is 0.497 e. The van der Waals surface area contributed by atoms with Crippen molar-refractivity contribution in [2.45, 2.75) is 12.1 Å². The number of hydroxylamine groups is 1. The van der Waals surface area contributed by atoms with Crippen molar-refractivity contribution in [3.8, 4) is 11.5 Å². The van der Waals surface area contributed by atoms with Crippen LogP contribution in [0.1, 0.15) is 11.6 Å². The number of hydrogen-bond donors (Lipinski definition) is 0. The van der Waals surface area contributed by atoms with Crippen LogP contribution in [0.15, 0.2) is 77.3 Å². The predicted octanol–water partition coefficient (Wildman–Crippen LogP) is 4.52. The first-order valence-electron chi connectivity index (χ1n) is 10.4. The Morgan fingerprint density at radius 2 is 1.30 bits per heavy atom. The Morgan fingerprint density at radius 1 is 0.758 bits per heavy atom. The fourth-order valence-corrected chi connectivity index (χ4v) is 4.62. The standard InChI is InChI=1S/C25H21BrN2O5/c1-31-19-11-3-15(4-12-19)22-21-23(33-28(22)18-9-13-20(32-2)14-10-18)25(30)27(24(21)29)17-7-5-16(26)6-8-17/h3-14,21-23H,1-2H3/t21-,22+,23+/m0/s1. The van der Waals surface area contributed by atoms with Crippen LogP contribution in [0.4, 0.5) is 11.4 Å². The number of halogens is 1. The lowest BCUT2D eigenvalue weighted by molar-refractivity contribution is -0.126. The first-order valence-corrected chi connectivity index (χ1v) is 11.2. The van der Waals surface area contributed by atoms with Crippen LogP contribution >= 0.6 is 15.9 Å². The van der Waals surface area contributed by atoms with E-state index in [1.165, 1.54) is 4.90 Å². The third-order valence-corrected chi connectivity index (χ3v) is 6.51. The van der Waals surface area contributed by atoms with Gasteiger partial charge in [-0.05, 0) is 66.2 Å². The highest BCUT2D eigenvalue weighted by Gasteiger charge is 2.60. The predicted molar refractivity (Wildman–Crippen MR) is 126 cm³/mol. The lowest BCUT2D eigenvalue weighted by Crippen LogP contribution is -2.37. The molecule has 0 radical (unpaired) electrons. The number of benzene rings is 3. The molecule has 3 aromatic rings. The number of imide groups is 1. The van der Waals surface area contributed by atoms with E-state index in [2.05, 4.69) is 15.9 Å². The normalized spacial score (nSPS) is 22.0. The van der Waals surface area contributed by atoms with E-state index in [-0.39, 0.29) is 11.8 Å². The van der Waals surface area contributed by atoms with Crippen molar-refractivity contribution in [2.24, 2.45) is 5.92 Å². The third-order valence-electron chi connectivity index (χ3n) is 5.98. The number of hydrogen-bond acceptors (Lipinski definition) is 6. The summed E-state index contributed by atoms with van der Waals surface area (Å²) in [6.07, 6.45) is -0.921. The second-order valence-corrected chi connectivity index (χ2v) is 8.70. The summed E-state index contributed by atoms with van der Waals surface area (Å²) in [6.45, 7) is 0. The number of amides is 2. The van der Waals surface area contributed by atoms with Crippen LogP contribution in [0, 0.1) is 5.92 Å². The molecular formula is C25H21BrN2O5. The highest BCUT2D eigenvalue weighted by Crippen LogP contribution is 2.48. The van der Waals surface area contributed by atoms with Crippen molar-refractivity contribution in [3.63, 3.8) is 0 Å². The highest BCUT2D eigenvalue weighted by atomic mass is 79.9. The van der Waals surface area contributed by atoms with Crippen molar-refractivity contribution in [1.82, 2.24) is 0 Å². The molecule has 7 nitrogen and oxygen atoms in total. The molecule has 0 N–H and O–H groups in total. The molecule has 2 saturated heterocycles. The zero-order valence-corrected chi connectivity index (χ0v) is 19.6. The van der Waals surface area contributed by atoms with Crippen LogP contribution in [-0.2, 0) is 14.4 Å². The van der Waals surface area contributed by atoms with Gasteiger partial charge in [-0.3, -0.25) is 14.4 Å². The molecule has 2 aliphatic heterocycles. The fraction of sp³-hybridized carbons (Fsp3) is 0.200. The van der Waals surface area contributed by atoms with Crippen molar-refractivity contribution in [1.29, 1.82) is 0 Å². The lowest BCUT2D eigenvalue weighted by atomic mass is 9.90. The van der Waals surface area contributed by atoms with E-state index in [9.17, 15) is 9.59 Å². The molecule has 2 aliphatic rings. The molecule has 0 spiro atoms. The third kappa shape index (κ3) is 3.65. The SMILES string of the molecule is COc1ccc([C@@H]2[C@@H]3C(=O)N(c4ccc(Br)cc4)C(=O)[C@@H]3ON2c2ccc(OC)cc2)cc1. The Kier molecular flexibility index (Phi) is 5.55. The molecule has 0 aliphatic carbocycles. The molecule has 3 atom stereocenters. The molecule has 0 bridgehead atoms. The molecule has 2 amide bonds. The number of carbonyl (C=O) groups is 2. The minimum absolute atomic E-state index is 0.288. The minimum atomic E-state index is -0.921. The van der Waals surface area contributed by atoms with E-state index in [0.29, 0.717) is 17.2 Å². The first-order chi connectivity index (χ1) is 16.0.